The number of thioether (sulfide) groups is 1. The number of hydrogen-bond donors (Lipinski definition) is 1. The van der Waals surface area contributed by atoms with E-state index in [-0.39, 0.29) is 5.91 Å². The molecule has 0 spiro atoms. The summed E-state index contributed by atoms with van der Waals surface area (Å²) >= 11 is 1.65. The predicted octanol–water partition coefficient (Wildman–Crippen LogP) is 5.74. The summed E-state index contributed by atoms with van der Waals surface area (Å²) in [6.45, 7) is 3.71. The molecule has 0 radical (unpaired) electrons. The number of fused-ring (bicyclic) bond motifs is 1. The maximum absolute atomic E-state index is 12.9. The molecular formula is C23H21NO3S. The number of anilines is 1. The van der Waals surface area contributed by atoms with E-state index in [9.17, 15) is 4.79 Å². The van der Waals surface area contributed by atoms with Crippen LogP contribution < -0.4 is 14.8 Å². The van der Waals surface area contributed by atoms with Crippen molar-refractivity contribution in [2.75, 3.05) is 5.32 Å². The summed E-state index contributed by atoms with van der Waals surface area (Å²) in [6, 6.07) is 23.3. The van der Waals surface area contributed by atoms with Gasteiger partial charge in [-0.3, -0.25) is 4.79 Å². The van der Waals surface area contributed by atoms with Crippen molar-refractivity contribution in [2.24, 2.45) is 0 Å². The highest BCUT2D eigenvalue weighted by molar-refractivity contribution is 7.98. The molecule has 0 fully saturated rings. The van der Waals surface area contributed by atoms with Crippen molar-refractivity contribution in [3.8, 4) is 11.5 Å². The molecule has 0 unspecified atom stereocenters. The highest BCUT2D eigenvalue weighted by atomic mass is 32.2. The minimum Gasteiger partial charge on any atom is -0.449 e. The molecule has 1 N–H and O–H groups in total. The lowest BCUT2D eigenvalue weighted by Crippen LogP contribution is -2.29. The molecule has 4 rings (SSSR count). The van der Waals surface area contributed by atoms with E-state index in [2.05, 4.69) is 17.4 Å². The number of amides is 1. The predicted molar refractivity (Wildman–Crippen MR) is 112 cm³/mol. The van der Waals surface area contributed by atoms with Crippen LogP contribution in [-0.4, -0.2) is 11.7 Å². The number of carbonyl (C=O) groups excluding carboxylic acids is 1. The van der Waals surface area contributed by atoms with Crippen molar-refractivity contribution in [3.63, 3.8) is 0 Å². The molecule has 0 aliphatic carbocycles. The van der Waals surface area contributed by atoms with Crippen molar-refractivity contribution >= 4 is 23.4 Å². The molecule has 28 heavy (non-hydrogen) atoms. The number of carbonyl (C=O) groups is 1. The van der Waals surface area contributed by atoms with Gasteiger partial charge >= 0.3 is 0 Å². The molecule has 1 aliphatic heterocycles. The van der Waals surface area contributed by atoms with Crippen LogP contribution in [0.25, 0.3) is 0 Å². The number of nitrogens with one attached hydrogen (secondary N) is 1. The second kappa shape index (κ2) is 7.60. The van der Waals surface area contributed by atoms with Crippen LogP contribution in [0.3, 0.4) is 0 Å². The van der Waals surface area contributed by atoms with E-state index in [0.717, 1.165) is 10.6 Å². The van der Waals surface area contributed by atoms with E-state index < -0.39 is 5.79 Å². The minimum absolute atomic E-state index is 0.144. The van der Waals surface area contributed by atoms with Gasteiger partial charge in [-0.1, -0.05) is 42.5 Å². The smallest absolute Gasteiger partial charge is 0.256 e. The molecule has 1 amide bonds. The Kier molecular flexibility index (Phi) is 5.01. The molecule has 3 aromatic carbocycles. The van der Waals surface area contributed by atoms with Crippen molar-refractivity contribution in [1.29, 1.82) is 0 Å². The summed E-state index contributed by atoms with van der Waals surface area (Å²) in [5.74, 6) is 1.29. The molecule has 0 saturated carbocycles. The monoisotopic (exact) mass is 391 g/mol. The van der Waals surface area contributed by atoms with Crippen LogP contribution in [0.2, 0.25) is 0 Å². The first-order chi connectivity index (χ1) is 13.5. The zero-order valence-electron chi connectivity index (χ0n) is 15.8. The van der Waals surface area contributed by atoms with Gasteiger partial charge in [-0.25, -0.2) is 0 Å². The number of ether oxygens (including phenoxy) is 2. The standard InChI is InChI=1S/C23H21NO3S/c1-23(2)26-19-13-12-17(14-20(19)27-23)24-22(25)18-10-6-7-11-21(18)28-15-16-8-4-3-5-9-16/h3-14H,15H2,1-2H3,(H,24,25). The van der Waals surface area contributed by atoms with Crippen molar-refractivity contribution in [2.45, 2.75) is 30.3 Å². The summed E-state index contributed by atoms with van der Waals surface area (Å²) in [5, 5.41) is 2.97. The first kappa shape index (κ1) is 18.4. The SMILES string of the molecule is CC1(C)Oc2ccc(NC(=O)c3ccccc3SCc3ccccc3)cc2O1. The third-order valence-corrected chi connectivity index (χ3v) is 5.43. The Morgan fingerprint density at radius 1 is 0.929 bits per heavy atom. The van der Waals surface area contributed by atoms with E-state index in [4.69, 9.17) is 9.47 Å². The van der Waals surface area contributed by atoms with Gasteiger partial charge < -0.3 is 14.8 Å². The van der Waals surface area contributed by atoms with Crippen molar-refractivity contribution in [3.05, 3.63) is 83.9 Å². The van der Waals surface area contributed by atoms with Gasteiger partial charge in [0.15, 0.2) is 11.5 Å². The first-order valence-corrected chi connectivity index (χ1v) is 10.1. The Morgan fingerprint density at radius 3 is 2.46 bits per heavy atom. The van der Waals surface area contributed by atoms with Crippen molar-refractivity contribution < 1.29 is 14.3 Å². The fraction of sp³-hybridized carbons (Fsp3) is 0.174. The van der Waals surface area contributed by atoms with Gasteiger partial charge in [0.05, 0.1) is 5.56 Å². The van der Waals surface area contributed by atoms with Crippen LogP contribution in [0.4, 0.5) is 5.69 Å². The zero-order valence-corrected chi connectivity index (χ0v) is 16.6. The average molecular weight is 391 g/mol. The third kappa shape index (κ3) is 4.15. The Labute approximate surface area is 168 Å². The highest BCUT2D eigenvalue weighted by Crippen LogP contribution is 2.40. The molecule has 5 heteroatoms. The van der Waals surface area contributed by atoms with Crippen LogP contribution in [0.15, 0.2) is 77.7 Å². The van der Waals surface area contributed by atoms with Crippen molar-refractivity contribution in [1.82, 2.24) is 0 Å². The Morgan fingerprint density at radius 2 is 1.64 bits per heavy atom. The molecule has 1 heterocycles. The fourth-order valence-corrected chi connectivity index (χ4v) is 4.02. The quantitative estimate of drug-likeness (QED) is 0.564. The van der Waals surface area contributed by atoms with Gasteiger partial charge in [0.2, 0.25) is 5.79 Å². The van der Waals surface area contributed by atoms with E-state index in [0.29, 0.717) is 22.7 Å². The highest BCUT2D eigenvalue weighted by Gasteiger charge is 2.31. The van der Waals surface area contributed by atoms with E-state index in [1.54, 1.807) is 17.8 Å². The normalized spacial score (nSPS) is 13.9. The number of benzene rings is 3. The summed E-state index contributed by atoms with van der Waals surface area (Å²) in [5.41, 5.74) is 2.55. The van der Waals surface area contributed by atoms with E-state index >= 15 is 0 Å². The van der Waals surface area contributed by atoms with Crippen LogP contribution in [0.5, 0.6) is 11.5 Å². The molecule has 142 valence electrons. The Hall–Kier alpha value is -2.92. The Balaban J connectivity index is 1.49. The first-order valence-electron chi connectivity index (χ1n) is 9.09. The number of rotatable bonds is 5. The second-order valence-corrected chi connectivity index (χ2v) is 8.01. The summed E-state index contributed by atoms with van der Waals surface area (Å²) in [4.78, 5) is 13.8. The minimum atomic E-state index is -0.689. The van der Waals surface area contributed by atoms with Crippen LogP contribution in [0.1, 0.15) is 29.8 Å². The van der Waals surface area contributed by atoms with Gasteiger partial charge in [-0.05, 0) is 29.8 Å². The second-order valence-electron chi connectivity index (χ2n) is 6.99. The van der Waals surface area contributed by atoms with Crippen LogP contribution in [-0.2, 0) is 5.75 Å². The van der Waals surface area contributed by atoms with Gasteiger partial charge in [-0.15, -0.1) is 11.8 Å². The van der Waals surface area contributed by atoms with E-state index in [1.807, 2.05) is 68.4 Å². The maximum Gasteiger partial charge on any atom is 0.256 e. The fourth-order valence-electron chi connectivity index (χ4n) is 3.01. The molecule has 0 saturated heterocycles. The molecule has 3 aromatic rings. The van der Waals surface area contributed by atoms with Gasteiger partial charge in [-0.2, -0.15) is 0 Å². The lowest BCUT2D eigenvalue weighted by molar-refractivity contribution is -0.0431. The van der Waals surface area contributed by atoms with Crippen LogP contribution >= 0.6 is 11.8 Å². The lowest BCUT2D eigenvalue weighted by atomic mass is 10.2. The van der Waals surface area contributed by atoms with E-state index in [1.165, 1.54) is 5.56 Å². The summed E-state index contributed by atoms with van der Waals surface area (Å²) in [6.07, 6.45) is 0. The largest absolute Gasteiger partial charge is 0.449 e. The molecule has 0 atom stereocenters. The topological polar surface area (TPSA) is 47.6 Å². The molecule has 4 nitrogen and oxygen atoms in total. The van der Waals surface area contributed by atoms with Gasteiger partial charge in [0.1, 0.15) is 0 Å². The summed E-state index contributed by atoms with van der Waals surface area (Å²) in [7, 11) is 0. The number of hydrogen-bond acceptors (Lipinski definition) is 4. The average Bonchev–Trinajstić information content (AvgIpc) is 3.00. The molecule has 0 bridgehead atoms. The molecule has 1 aliphatic rings. The van der Waals surface area contributed by atoms with Crippen LogP contribution in [0, 0.1) is 0 Å². The zero-order chi connectivity index (χ0) is 19.6. The third-order valence-electron chi connectivity index (χ3n) is 4.28. The maximum atomic E-state index is 12.9. The Bertz CT molecular complexity index is 1000. The van der Waals surface area contributed by atoms with Gasteiger partial charge in [0.25, 0.3) is 5.91 Å². The lowest BCUT2D eigenvalue weighted by Gasteiger charge is -2.16. The molecular weight excluding hydrogens is 370 g/mol. The van der Waals surface area contributed by atoms with Gasteiger partial charge in [0, 0.05) is 36.2 Å². The molecule has 0 aromatic heterocycles. The summed E-state index contributed by atoms with van der Waals surface area (Å²) < 4.78 is 11.4.